The topological polar surface area (TPSA) is 87.1 Å². The van der Waals surface area contributed by atoms with Gasteiger partial charge in [-0.15, -0.1) is 0 Å². The van der Waals surface area contributed by atoms with E-state index in [-0.39, 0.29) is 12.5 Å². The highest BCUT2D eigenvalue weighted by atomic mass is 16.6. The predicted octanol–water partition coefficient (Wildman–Crippen LogP) is 4.12. The van der Waals surface area contributed by atoms with E-state index in [2.05, 4.69) is 24.3 Å². The van der Waals surface area contributed by atoms with E-state index in [1.807, 2.05) is 38.1 Å². The molecule has 4 rings (SSSR count). The van der Waals surface area contributed by atoms with Gasteiger partial charge < -0.3 is 14.9 Å². The van der Waals surface area contributed by atoms with E-state index in [0.717, 1.165) is 11.1 Å². The van der Waals surface area contributed by atoms with Crippen molar-refractivity contribution >= 4 is 12.1 Å². The number of ether oxygens (including phenoxy) is 1. The summed E-state index contributed by atoms with van der Waals surface area (Å²) in [6.07, 6.45) is 0.646. The van der Waals surface area contributed by atoms with E-state index in [1.54, 1.807) is 0 Å². The smallest absolute Gasteiger partial charge is 0.410 e. The Labute approximate surface area is 177 Å². The monoisotopic (exact) mass is 411 g/mol. The first-order valence-corrected chi connectivity index (χ1v) is 10.4. The van der Waals surface area contributed by atoms with Crippen LogP contribution in [0.25, 0.3) is 11.1 Å². The normalized spacial score (nSPS) is 17.2. The van der Waals surface area contributed by atoms with E-state index in [1.165, 1.54) is 16.0 Å². The van der Waals surface area contributed by atoms with Crippen LogP contribution in [0.2, 0.25) is 0 Å². The molecule has 0 radical (unpaired) electrons. The number of benzene rings is 2. The molecule has 1 unspecified atom stereocenters. The Morgan fingerprint density at radius 1 is 1.07 bits per heavy atom. The molecule has 2 N–H and O–H groups in total. The Kier molecular flexibility index (Phi) is 7.11. The third-order valence-electron chi connectivity index (χ3n) is 5.47. The summed E-state index contributed by atoms with van der Waals surface area (Å²) in [7, 11) is 0. The molecule has 6 nitrogen and oxygen atoms in total. The van der Waals surface area contributed by atoms with Crippen molar-refractivity contribution in [2.45, 2.75) is 38.6 Å². The van der Waals surface area contributed by atoms with Crippen LogP contribution in [0.4, 0.5) is 4.79 Å². The third-order valence-corrected chi connectivity index (χ3v) is 5.47. The summed E-state index contributed by atoms with van der Waals surface area (Å²) < 4.78 is 5.53. The fraction of sp³-hybridized carbons (Fsp3) is 0.417. The highest BCUT2D eigenvalue weighted by Crippen LogP contribution is 2.44. The molecule has 1 atom stereocenters. The van der Waals surface area contributed by atoms with Crippen molar-refractivity contribution in [1.29, 1.82) is 0 Å². The fourth-order valence-electron chi connectivity index (χ4n) is 3.92. The molecule has 2 aromatic carbocycles. The lowest BCUT2D eigenvalue weighted by molar-refractivity contribution is -0.141. The van der Waals surface area contributed by atoms with Crippen molar-refractivity contribution in [3.8, 4) is 11.1 Å². The molecule has 2 aliphatic rings. The number of rotatable bonds is 4. The number of hydrogen-bond donors (Lipinski definition) is 2. The van der Waals surface area contributed by atoms with Gasteiger partial charge in [0, 0.05) is 19.1 Å². The van der Waals surface area contributed by atoms with Crippen LogP contribution in [0.3, 0.4) is 0 Å². The van der Waals surface area contributed by atoms with Crippen molar-refractivity contribution in [2.24, 2.45) is 5.92 Å². The summed E-state index contributed by atoms with van der Waals surface area (Å²) in [5.74, 6) is -0.539. The molecular weight excluding hydrogens is 382 g/mol. The zero-order valence-electron chi connectivity index (χ0n) is 17.5. The number of likely N-dealkylation sites (tertiary alicyclic amines) is 1. The Hall–Kier alpha value is -2.86. The Bertz CT molecular complexity index is 849. The average molecular weight is 411 g/mol. The van der Waals surface area contributed by atoms with Gasteiger partial charge in [0.05, 0.1) is 0 Å². The Balaban J connectivity index is 0.000000461. The van der Waals surface area contributed by atoms with E-state index in [0.29, 0.717) is 31.9 Å². The largest absolute Gasteiger partial charge is 0.480 e. The summed E-state index contributed by atoms with van der Waals surface area (Å²) >= 11 is 0. The molecule has 0 saturated carbocycles. The number of aliphatic hydroxyl groups is 1. The molecule has 1 saturated heterocycles. The van der Waals surface area contributed by atoms with Crippen molar-refractivity contribution in [3.05, 3.63) is 59.7 Å². The number of carbonyl (C=O) groups excluding carboxylic acids is 1. The molecule has 1 heterocycles. The van der Waals surface area contributed by atoms with Crippen LogP contribution in [-0.4, -0.2) is 53.0 Å². The summed E-state index contributed by atoms with van der Waals surface area (Å²) in [6.45, 7) is 4.91. The van der Waals surface area contributed by atoms with Crippen molar-refractivity contribution in [3.63, 3.8) is 0 Å². The van der Waals surface area contributed by atoms with E-state index < -0.39 is 18.1 Å². The number of carboxylic acids is 1. The third kappa shape index (κ3) is 4.65. The first-order valence-electron chi connectivity index (χ1n) is 10.4. The van der Waals surface area contributed by atoms with Crippen LogP contribution in [-0.2, 0) is 9.53 Å². The van der Waals surface area contributed by atoms with Crippen LogP contribution < -0.4 is 0 Å². The predicted molar refractivity (Wildman–Crippen MR) is 114 cm³/mol. The maximum Gasteiger partial charge on any atom is 0.410 e. The molecule has 1 amide bonds. The number of aliphatic hydroxyl groups excluding tert-OH is 1. The van der Waals surface area contributed by atoms with Gasteiger partial charge >= 0.3 is 12.1 Å². The Morgan fingerprint density at radius 2 is 1.60 bits per heavy atom. The van der Waals surface area contributed by atoms with Crippen LogP contribution in [0.5, 0.6) is 0 Å². The number of hydrogen-bond acceptors (Lipinski definition) is 4. The molecule has 0 spiro atoms. The summed E-state index contributed by atoms with van der Waals surface area (Å²) in [4.78, 5) is 25.0. The van der Waals surface area contributed by atoms with E-state index in [4.69, 9.17) is 9.84 Å². The van der Waals surface area contributed by atoms with Gasteiger partial charge in [0.15, 0.2) is 0 Å². The van der Waals surface area contributed by atoms with Crippen molar-refractivity contribution < 1.29 is 24.5 Å². The van der Waals surface area contributed by atoms with Crippen LogP contribution in [0.1, 0.15) is 43.7 Å². The first kappa shape index (κ1) is 21.8. The minimum atomic E-state index is -0.967. The minimum absolute atomic E-state index is 0.0118. The van der Waals surface area contributed by atoms with Gasteiger partial charge in [0.25, 0.3) is 0 Å². The number of carboxylic acid groups (broad SMARTS) is 1. The van der Waals surface area contributed by atoms with Crippen molar-refractivity contribution in [2.75, 3.05) is 19.8 Å². The first-order chi connectivity index (χ1) is 14.4. The molecule has 1 aliphatic heterocycles. The van der Waals surface area contributed by atoms with Crippen LogP contribution in [0.15, 0.2) is 48.5 Å². The average Bonchev–Trinajstić information content (AvgIpc) is 3.36. The van der Waals surface area contributed by atoms with Gasteiger partial charge in [-0.3, -0.25) is 4.90 Å². The molecule has 30 heavy (non-hydrogen) atoms. The second-order valence-corrected chi connectivity index (χ2v) is 8.07. The fourth-order valence-corrected chi connectivity index (χ4v) is 3.92. The number of fused-ring (bicyclic) bond motifs is 3. The SMILES string of the molecule is CC(C)CO.O=C(O)C1CCCN1C(=O)OCC1c2ccccc2-c2ccccc21. The Morgan fingerprint density at radius 3 is 2.10 bits per heavy atom. The lowest BCUT2D eigenvalue weighted by Gasteiger charge is -2.22. The summed E-state index contributed by atoms with van der Waals surface area (Å²) in [6, 6.07) is 15.5. The standard InChI is InChI=1S/C20H19NO4.C4H10O/c22-19(23)18-10-5-11-21(18)20(24)25-12-17-15-8-3-1-6-13(15)14-7-2-4-9-16(14)17;1-4(2)3-5/h1-4,6-9,17-18H,5,10-12H2,(H,22,23);4-5H,3H2,1-2H3. The van der Waals surface area contributed by atoms with Crippen LogP contribution >= 0.6 is 0 Å². The zero-order valence-corrected chi connectivity index (χ0v) is 17.5. The second-order valence-electron chi connectivity index (χ2n) is 8.07. The molecule has 2 aromatic rings. The lowest BCUT2D eigenvalue weighted by atomic mass is 9.98. The quantitative estimate of drug-likeness (QED) is 0.790. The number of carbonyl (C=O) groups is 2. The lowest BCUT2D eigenvalue weighted by Crippen LogP contribution is -2.41. The van der Waals surface area contributed by atoms with E-state index >= 15 is 0 Å². The zero-order chi connectivity index (χ0) is 21.7. The molecule has 160 valence electrons. The van der Waals surface area contributed by atoms with E-state index in [9.17, 15) is 14.7 Å². The van der Waals surface area contributed by atoms with Gasteiger partial charge in [-0.2, -0.15) is 0 Å². The van der Waals surface area contributed by atoms with Gasteiger partial charge in [-0.1, -0.05) is 62.4 Å². The minimum Gasteiger partial charge on any atom is -0.480 e. The van der Waals surface area contributed by atoms with Crippen LogP contribution in [0, 0.1) is 5.92 Å². The molecular formula is C24H29NO5. The molecule has 1 aliphatic carbocycles. The summed E-state index contributed by atoms with van der Waals surface area (Å²) in [5, 5.41) is 17.4. The van der Waals surface area contributed by atoms with Gasteiger partial charge in [0.2, 0.25) is 0 Å². The maximum atomic E-state index is 12.4. The molecule has 1 fully saturated rings. The number of nitrogens with zero attached hydrogens (tertiary/aromatic N) is 1. The van der Waals surface area contributed by atoms with Crippen molar-refractivity contribution in [1.82, 2.24) is 4.90 Å². The second kappa shape index (κ2) is 9.76. The van der Waals surface area contributed by atoms with Gasteiger partial charge in [-0.25, -0.2) is 9.59 Å². The molecule has 6 heteroatoms. The molecule has 0 aromatic heterocycles. The summed E-state index contributed by atoms with van der Waals surface area (Å²) in [5.41, 5.74) is 4.63. The number of aliphatic carboxylic acids is 1. The van der Waals surface area contributed by atoms with Gasteiger partial charge in [-0.05, 0) is 41.0 Å². The van der Waals surface area contributed by atoms with Gasteiger partial charge in [0.1, 0.15) is 12.6 Å². The maximum absolute atomic E-state index is 12.4. The molecule has 0 bridgehead atoms. The number of amides is 1. The highest BCUT2D eigenvalue weighted by molar-refractivity contribution is 5.81. The highest BCUT2D eigenvalue weighted by Gasteiger charge is 2.36.